The van der Waals surface area contributed by atoms with Crippen molar-refractivity contribution < 1.29 is 25.3 Å². The zero-order chi connectivity index (χ0) is 41.4. The second-order valence-corrected chi connectivity index (χ2v) is 17.4. The molecule has 0 saturated carbocycles. The summed E-state index contributed by atoms with van der Waals surface area (Å²) in [6, 6.07) is 0. The van der Waals surface area contributed by atoms with Gasteiger partial charge in [-0.1, -0.05) is 182 Å². The summed E-state index contributed by atoms with van der Waals surface area (Å²) in [4.78, 5) is 41.9. The average molecular weight is 795 g/mol. The van der Waals surface area contributed by atoms with Crippen LogP contribution in [0.5, 0.6) is 0 Å². The second kappa shape index (κ2) is 40.2. The molecule has 0 rings (SSSR count). The van der Waals surface area contributed by atoms with Gasteiger partial charge in [-0.3, -0.25) is 14.4 Å². The maximum Gasteiger partial charge on any atom is 0.306 e. The van der Waals surface area contributed by atoms with Crippen molar-refractivity contribution >= 4 is 17.8 Å². The van der Waals surface area contributed by atoms with Crippen molar-refractivity contribution in [2.45, 2.75) is 271 Å². The van der Waals surface area contributed by atoms with Crippen LogP contribution in [0, 0.1) is 0 Å². The van der Waals surface area contributed by atoms with E-state index in [0.29, 0.717) is 32.2 Å². The molecule has 1 unspecified atom stereocenters. The summed E-state index contributed by atoms with van der Waals surface area (Å²) in [7, 11) is 4.10. The quantitative estimate of drug-likeness (QED) is 0.0489. The number of ether oxygens (including phenoxy) is 2. The van der Waals surface area contributed by atoms with Crippen molar-refractivity contribution in [1.82, 2.24) is 10.2 Å². The highest BCUT2D eigenvalue weighted by molar-refractivity contribution is 5.87. The normalized spacial score (nSPS) is 12.6. The van der Waals surface area contributed by atoms with Crippen LogP contribution < -0.4 is 5.32 Å². The Hall–Kier alpha value is -1.63. The first-order valence-electron chi connectivity index (χ1n) is 24.6. The summed E-state index contributed by atoms with van der Waals surface area (Å²) >= 11 is 0. The molecular formula is C49H98N2O5. The number of esters is 2. The molecule has 0 fully saturated rings. The summed E-state index contributed by atoms with van der Waals surface area (Å²) in [5.74, 6) is -0.369. The minimum Gasteiger partial charge on any atom is -0.462 e. The van der Waals surface area contributed by atoms with Crippen LogP contribution in [0.2, 0.25) is 0 Å². The highest BCUT2D eigenvalue weighted by Crippen LogP contribution is 2.29. The molecule has 0 heterocycles. The molecule has 1 amide bonds. The van der Waals surface area contributed by atoms with Gasteiger partial charge >= 0.3 is 11.9 Å². The van der Waals surface area contributed by atoms with Crippen LogP contribution in [0.3, 0.4) is 0 Å². The number of rotatable bonds is 43. The topological polar surface area (TPSA) is 84.9 Å². The fourth-order valence-corrected chi connectivity index (χ4v) is 7.72. The molecule has 0 bridgehead atoms. The van der Waals surface area contributed by atoms with Crippen molar-refractivity contribution in [1.29, 1.82) is 0 Å². The minimum absolute atomic E-state index is 0. The third-order valence-electron chi connectivity index (χ3n) is 11.5. The number of carbonyl (C=O) groups is 3. The molecule has 0 saturated heterocycles. The Balaban J connectivity index is 0. The van der Waals surface area contributed by atoms with E-state index in [1.54, 1.807) is 0 Å². The van der Waals surface area contributed by atoms with Crippen molar-refractivity contribution in [2.75, 3.05) is 27.2 Å². The van der Waals surface area contributed by atoms with Gasteiger partial charge in [-0.25, -0.2) is 0 Å². The zero-order valence-electron chi connectivity index (χ0n) is 38.4. The molecule has 0 aromatic heterocycles. The van der Waals surface area contributed by atoms with Gasteiger partial charge in [-0.15, -0.1) is 0 Å². The minimum atomic E-state index is -1.09. The van der Waals surface area contributed by atoms with E-state index in [4.69, 9.17) is 9.47 Å². The molecule has 0 aliphatic rings. The predicted molar refractivity (Wildman–Crippen MR) is 241 cm³/mol. The van der Waals surface area contributed by atoms with E-state index in [0.717, 1.165) is 122 Å². The van der Waals surface area contributed by atoms with Gasteiger partial charge in [0.25, 0.3) is 5.91 Å². The SMILES string of the molecule is CCCCCCCCCCCCCCCCCCC(CCCCCCCCC(=O)OC(CCCC)CCCC)(OC(=O)CCCCN(C)C)C(=O)NCCCC.[HH]. The van der Waals surface area contributed by atoms with Crippen LogP contribution >= 0.6 is 0 Å². The Morgan fingerprint density at radius 1 is 0.500 bits per heavy atom. The first-order chi connectivity index (χ1) is 27.2. The third kappa shape index (κ3) is 33.4. The highest BCUT2D eigenvalue weighted by atomic mass is 16.6. The van der Waals surface area contributed by atoms with E-state index in [2.05, 4.69) is 52.0 Å². The Labute approximate surface area is 350 Å². The maximum atomic E-state index is 13.9. The van der Waals surface area contributed by atoms with Crippen LogP contribution in [-0.2, 0) is 23.9 Å². The lowest BCUT2D eigenvalue weighted by atomic mass is 9.88. The monoisotopic (exact) mass is 795 g/mol. The molecule has 0 aromatic carbocycles. The van der Waals surface area contributed by atoms with Crippen LogP contribution in [0.25, 0.3) is 0 Å². The van der Waals surface area contributed by atoms with E-state index < -0.39 is 5.60 Å². The van der Waals surface area contributed by atoms with E-state index in [1.807, 2.05) is 0 Å². The molecule has 0 aliphatic carbocycles. The lowest BCUT2D eigenvalue weighted by Gasteiger charge is -2.33. The van der Waals surface area contributed by atoms with Gasteiger partial charge in [0.15, 0.2) is 5.60 Å². The van der Waals surface area contributed by atoms with Gasteiger partial charge in [0.1, 0.15) is 6.10 Å². The summed E-state index contributed by atoms with van der Waals surface area (Å²) in [5.41, 5.74) is -1.09. The molecule has 7 nitrogen and oxygen atoms in total. The van der Waals surface area contributed by atoms with Crippen LogP contribution in [0.15, 0.2) is 0 Å². The smallest absolute Gasteiger partial charge is 0.306 e. The van der Waals surface area contributed by atoms with Gasteiger partial charge in [-0.2, -0.15) is 0 Å². The molecule has 0 aliphatic heterocycles. The van der Waals surface area contributed by atoms with Gasteiger partial charge in [0.05, 0.1) is 0 Å². The Morgan fingerprint density at radius 2 is 0.893 bits per heavy atom. The van der Waals surface area contributed by atoms with E-state index in [1.165, 1.54) is 89.9 Å². The molecule has 7 heteroatoms. The Kier molecular flexibility index (Phi) is 39.0. The summed E-state index contributed by atoms with van der Waals surface area (Å²) in [5, 5.41) is 3.17. The number of hydrogen-bond donors (Lipinski definition) is 1. The number of amides is 1. The maximum absolute atomic E-state index is 13.9. The zero-order valence-corrected chi connectivity index (χ0v) is 38.4. The molecule has 56 heavy (non-hydrogen) atoms. The fourth-order valence-electron chi connectivity index (χ4n) is 7.72. The lowest BCUT2D eigenvalue weighted by Crippen LogP contribution is -2.50. The molecular weight excluding hydrogens is 697 g/mol. The summed E-state index contributed by atoms with van der Waals surface area (Å²) in [6.07, 6.45) is 38.9. The number of hydrogen-bond acceptors (Lipinski definition) is 6. The van der Waals surface area contributed by atoms with Crippen molar-refractivity contribution in [3.8, 4) is 0 Å². The van der Waals surface area contributed by atoms with Gasteiger partial charge < -0.3 is 19.7 Å². The first-order valence-corrected chi connectivity index (χ1v) is 24.6. The third-order valence-corrected chi connectivity index (χ3v) is 11.5. The van der Waals surface area contributed by atoms with E-state index in [-0.39, 0.29) is 25.4 Å². The molecule has 0 radical (unpaired) electrons. The Morgan fingerprint density at radius 3 is 1.34 bits per heavy atom. The molecule has 0 spiro atoms. The first kappa shape index (κ1) is 54.4. The Bertz CT molecular complexity index is 895. The number of nitrogens with one attached hydrogen (secondary N) is 1. The molecule has 0 aromatic rings. The van der Waals surface area contributed by atoms with Gasteiger partial charge in [-0.05, 0) is 84.8 Å². The molecule has 1 N–H and O–H groups in total. The summed E-state index contributed by atoms with van der Waals surface area (Å²) < 4.78 is 12.1. The van der Waals surface area contributed by atoms with Crippen LogP contribution in [0.4, 0.5) is 0 Å². The number of nitrogens with zero attached hydrogens (tertiary/aromatic N) is 1. The average Bonchev–Trinajstić information content (AvgIpc) is 3.18. The highest BCUT2D eigenvalue weighted by Gasteiger charge is 2.41. The predicted octanol–water partition coefficient (Wildman–Crippen LogP) is 14.2. The van der Waals surface area contributed by atoms with Crippen molar-refractivity contribution in [3.63, 3.8) is 0 Å². The van der Waals surface area contributed by atoms with Crippen LogP contribution in [0.1, 0.15) is 260 Å². The van der Waals surface area contributed by atoms with Crippen molar-refractivity contribution in [2.24, 2.45) is 0 Å². The van der Waals surface area contributed by atoms with Crippen LogP contribution in [-0.4, -0.2) is 61.6 Å². The lowest BCUT2D eigenvalue weighted by molar-refractivity contribution is -0.171. The summed E-state index contributed by atoms with van der Waals surface area (Å²) in [6.45, 7) is 10.3. The van der Waals surface area contributed by atoms with E-state index in [9.17, 15) is 14.4 Å². The van der Waals surface area contributed by atoms with Gasteiger partial charge in [0.2, 0.25) is 0 Å². The standard InChI is InChI=1S/C49H96N2O5.H2/c1-7-11-15-16-17-18-19-20-21-22-23-24-25-27-30-34-41-49(48(54)50-43-14-10-4,56-47(53)40-33-36-44-51(5)6)42-35-31-28-26-29-32-39-46(52)55-45(37-12-8-2)38-13-9-3;/h45H,7-44H2,1-6H3,(H,50,54);1H. The van der Waals surface area contributed by atoms with Crippen molar-refractivity contribution in [3.05, 3.63) is 0 Å². The number of carbonyl (C=O) groups excluding carboxylic acids is 3. The molecule has 1 atom stereocenters. The molecule has 334 valence electrons. The fraction of sp³-hybridized carbons (Fsp3) is 0.939. The largest absolute Gasteiger partial charge is 0.462 e. The second-order valence-electron chi connectivity index (χ2n) is 17.4. The number of unbranched alkanes of at least 4 members (excludes halogenated alkanes) is 24. The van der Waals surface area contributed by atoms with E-state index >= 15 is 0 Å². The van der Waals surface area contributed by atoms with Gasteiger partial charge in [0, 0.05) is 20.8 Å².